The number of carboxylic acid groups (broad SMARTS) is 1. The summed E-state index contributed by atoms with van der Waals surface area (Å²) >= 11 is 0. The molecule has 0 aliphatic carbocycles. The minimum absolute atomic E-state index is 0.00871. The predicted octanol–water partition coefficient (Wildman–Crippen LogP) is 2.52. The second-order valence-corrected chi connectivity index (χ2v) is 5.10. The molecule has 2 N–H and O–H groups in total. The van der Waals surface area contributed by atoms with Gasteiger partial charge in [-0.2, -0.15) is 0 Å². The minimum Gasteiger partial charge on any atom is -0.497 e. The van der Waals surface area contributed by atoms with Gasteiger partial charge in [0.1, 0.15) is 11.3 Å². The monoisotopic (exact) mass is 279 g/mol. The van der Waals surface area contributed by atoms with Gasteiger partial charge in [0.05, 0.1) is 13.2 Å². The molecular formula is C15H21NO4. The Kier molecular flexibility index (Phi) is 4.49. The molecule has 110 valence electrons. The number of carbonyl (C=O) groups is 1. The fraction of sp³-hybridized carbons (Fsp3) is 0.533. The number of nitrogens with one attached hydrogen (secondary N) is 1. The summed E-state index contributed by atoms with van der Waals surface area (Å²) in [5.74, 6) is -0.0756. The van der Waals surface area contributed by atoms with Crippen LogP contribution in [0.15, 0.2) is 24.3 Å². The summed E-state index contributed by atoms with van der Waals surface area (Å²) < 4.78 is 10.7. The summed E-state index contributed by atoms with van der Waals surface area (Å²) in [7, 11) is 1.60. The number of hydrogen-bond acceptors (Lipinski definition) is 4. The van der Waals surface area contributed by atoms with E-state index in [0.717, 1.165) is 17.9 Å². The molecule has 20 heavy (non-hydrogen) atoms. The van der Waals surface area contributed by atoms with E-state index in [9.17, 15) is 9.90 Å². The van der Waals surface area contributed by atoms with Crippen LogP contribution in [0.2, 0.25) is 0 Å². The van der Waals surface area contributed by atoms with Crippen LogP contribution in [0.5, 0.6) is 5.75 Å². The summed E-state index contributed by atoms with van der Waals surface area (Å²) in [6, 6.07) is 7.29. The highest BCUT2D eigenvalue weighted by atomic mass is 16.5. The van der Waals surface area contributed by atoms with E-state index in [-0.39, 0.29) is 6.10 Å². The molecule has 1 aromatic carbocycles. The summed E-state index contributed by atoms with van der Waals surface area (Å²) in [6.45, 7) is 2.48. The van der Waals surface area contributed by atoms with E-state index < -0.39 is 11.5 Å². The fourth-order valence-corrected chi connectivity index (χ4v) is 2.52. The number of methoxy groups -OCH3 is 1. The van der Waals surface area contributed by atoms with Crippen molar-refractivity contribution in [3.05, 3.63) is 24.3 Å². The Hall–Kier alpha value is -1.75. The maximum Gasteiger partial charge on any atom is 0.329 e. The SMILES string of the molecule is CCC1CC(Nc2ccc(OC)cc2)(C(=O)O)CCO1. The molecule has 1 saturated heterocycles. The molecule has 1 heterocycles. The lowest BCUT2D eigenvalue weighted by molar-refractivity contribution is -0.148. The molecule has 5 nitrogen and oxygen atoms in total. The first kappa shape index (κ1) is 14.7. The quantitative estimate of drug-likeness (QED) is 0.867. The van der Waals surface area contributed by atoms with Crippen molar-refractivity contribution >= 4 is 11.7 Å². The Labute approximate surface area is 118 Å². The maximum atomic E-state index is 11.7. The zero-order valence-electron chi connectivity index (χ0n) is 11.9. The molecule has 0 radical (unpaired) electrons. The van der Waals surface area contributed by atoms with Crippen molar-refractivity contribution < 1.29 is 19.4 Å². The zero-order chi connectivity index (χ0) is 14.6. The van der Waals surface area contributed by atoms with Gasteiger partial charge in [-0.3, -0.25) is 0 Å². The van der Waals surface area contributed by atoms with E-state index in [1.165, 1.54) is 0 Å². The fourth-order valence-electron chi connectivity index (χ4n) is 2.52. The number of benzene rings is 1. The third-order valence-electron chi connectivity index (χ3n) is 3.80. The van der Waals surface area contributed by atoms with Crippen molar-refractivity contribution in [1.29, 1.82) is 0 Å². The molecule has 1 fully saturated rings. The van der Waals surface area contributed by atoms with Crippen LogP contribution >= 0.6 is 0 Å². The second-order valence-electron chi connectivity index (χ2n) is 5.10. The van der Waals surface area contributed by atoms with Gasteiger partial charge in [-0.25, -0.2) is 4.79 Å². The summed E-state index contributed by atoms with van der Waals surface area (Å²) in [6.07, 6.45) is 1.75. The van der Waals surface area contributed by atoms with Crippen LogP contribution in [0.3, 0.4) is 0 Å². The van der Waals surface area contributed by atoms with Crippen molar-refractivity contribution in [2.24, 2.45) is 0 Å². The van der Waals surface area contributed by atoms with Crippen molar-refractivity contribution in [2.45, 2.75) is 37.8 Å². The highest BCUT2D eigenvalue weighted by molar-refractivity contribution is 5.83. The number of ether oxygens (including phenoxy) is 2. The lowest BCUT2D eigenvalue weighted by Gasteiger charge is -2.38. The summed E-state index contributed by atoms with van der Waals surface area (Å²) in [5.41, 5.74) is -0.169. The van der Waals surface area contributed by atoms with Crippen LogP contribution in [0.4, 0.5) is 5.69 Å². The lowest BCUT2D eigenvalue weighted by Crippen LogP contribution is -2.52. The molecular weight excluding hydrogens is 258 g/mol. The Morgan fingerprint density at radius 1 is 1.50 bits per heavy atom. The standard InChI is InChI=1S/C15H21NO4/c1-3-12-10-15(14(17)18,8-9-20-12)16-11-4-6-13(19-2)7-5-11/h4-7,12,16H,3,8-10H2,1-2H3,(H,17,18). The molecule has 2 unspecified atom stereocenters. The van der Waals surface area contributed by atoms with Crippen molar-refractivity contribution in [3.8, 4) is 5.75 Å². The zero-order valence-corrected chi connectivity index (χ0v) is 11.9. The van der Waals surface area contributed by atoms with Gasteiger partial charge in [-0.05, 0) is 30.7 Å². The van der Waals surface area contributed by atoms with Gasteiger partial charge in [-0.1, -0.05) is 6.92 Å². The van der Waals surface area contributed by atoms with Crippen LogP contribution < -0.4 is 10.1 Å². The highest BCUT2D eigenvalue weighted by Gasteiger charge is 2.43. The number of rotatable bonds is 5. The molecule has 0 saturated carbocycles. The molecule has 0 bridgehead atoms. The third-order valence-corrected chi connectivity index (χ3v) is 3.80. The first-order valence-corrected chi connectivity index (χ1v) is 6.87. The van der Waals surface area contributed by atoms with E-state index in [0.29, 0.717) is 19.4 Å². The Morgan fingerprint density at radius 3 is 2.75 bits per heavy atom. The molecule has 1 aliphatic rings. The Morgan fingerprint density at radius 2 is 2.20 bits per heavy atom. The first-order chi connectivity index (χ1) is 9.59. The lowest BCUT2D eigenvalue weighted by atomic mass is 9.85. The molecule has 0 aromatic heterocycles. The topological polar surface area (TPSA) is 67.8 Å². The predicted molar refractivity (Wildman–Crippen MR) is 76.2 cm³/mol. The third kappa shape index (κ3) is 3.04. The van der Waals surface area contributed by atoms with Gasteiger partial charge >= 0.3 is 5.97 Å². The largest absolute Gasteiger partial charge is 0.497 e. The number of aliphatic carboxylic acids is 1. The minimum atomic E-state index is -0.951. The molecule has 5 heteroatoms. The van der Waals surface area contributed by atoms with E-state index >= 15 is 0 Å². The van der Waals surface area contributed by atoms with Crippen LogP contribution in [0.1, 0.15) is 26.2 Å². The maximum absolute atomic E-state index is 11.7. The average Bonchev–Trinajstić information content (AvgIpc) is 2.48. The van der Waals surface area contributed by atoms with Crippen LogP contribution in [-0.2, 0) is 9.53 Å². The van der Waals surface area contributed by atoms with Crippen LogP contribution in [-0.4, -0.2) is 36.4 Å². The average molecular weight is 279 g/mol. The molecule has 0 amide bonds. The van der Waals surface area contributed by atoms with Gasteiger partial charge in [0.15, 0.2) is 0 Å². The van der Waals surface area contributed by atoms with E-state index in [2.05, 4.69) is 5.32 Å². The van der Waals surface area contributed by atoms with Crippen molar-refractivity contribution in [3.63, 3.8) is 0 Å². The van der Waals surface area contributed by atoms with Crippen molar-refractivity contribution in [2.75, 3.05) is 19.0 Å². The van der Waals surface area contributed by atoms with Gasteiger partial charge in [-0.15, -0.1) is 0 Å². The van der Waals surface area contributed by atoms with Gasteiger partial charge in [0.2, 0.25) is 0 Å². The Balaban J connectivity index is 2.17. The Bertz CT molecular complexity index is 459. The summed E-state index contributed by atoms with van der Waals surface area (Å²) in [4.78, 5) is 11.7. The van der Waals surface area contributed by atoms with Crippen LogP contribution in [0, 0.1) is 0 Å². The molecule has 2 atom stereocenters. The summed E-state index contributed by atoms with van der Waals surface area (Å²) in [5, 5.41) is 12.8. The van der Waals surface area contributed by atoms with Gasteiger partial charge in [0, 0.05) is 25.1 Å². The first-order valence-electron chi connectivity index (χ1n) is 6.87. The van der Waals surface area contributed by atoms with E-state index in [1.54, 1.807) is 7.11 Å². The molecule has 1 aliphatic heterocycles. The van der Waals surface area contributed by atoms with Gasteiger partial charge in [0.25, 0.3) is 0 Å². The molecule has 2 rings (SSSR count). The number of carboxylic acids is 1. The highest BCUT2D eigenvalue weighted by Crippen LogP contribution is 2.31. The molecule has 0 spiro atoms. The van der Waals surface area contributed by atoms with Crippen molar-refractivity contribution in [1.82, 2.24) is 0 Å². The smallest absolute Gasteiger partial charge is 0.329 e. The van der Waals surface area contributed by atoms with E-state index in [1.807, 2.05) is 31.2 Å². The van der Waals surface area contributed by atoms with Gasteiger partial charge < -0.3 is 19.9 Å². The molecule has 1 aromatic rings. The number of anilines is 1. The normalized spacial score (nSPS) is 26.0. The number of hydrogen-bond donors (Lipinski definition) is 2. The van der Waals surface area contributed by atoms with E-state index in [4.69, 9.17) is 9.47 Å². The van der Waals surface area contributed by atoms with Crippen LogP contribution in [0.25, 0.3) is 0 Å². The second kappa shape index (κ2) is 6.13.